The third kappa shape index (κ3) is 3.99. The zero-order chi connectivity index (χ0) is 15.4. The topological polar surface area (TPSA) is 30.5 Å². The molecule has 3 atom stereocenters. The normalized spacial score (nSPS) is 24.7. The fourth-order valence-electron chi connectivity index (χ4n) is 2.79. The summed E-state index contributed by atoms with van der Waals surface area (Å²) in [6.07, 6.45) is 2.37. The molecule has 0 spiro atoms. The second-order valence-corrected chi connectivity index (χ2v) is 6.56. The maximum absolute atomic E-state index is 6.17. The first kappa shape index (κ1) is 16.8. The molecule has 0 saturated heterocycles. The Morgan fingerprint density at radius 1 is 1.24 bits per heavy atom. The van der Waals surface area contributed by atoms with E-state index in [1.54, 1.807) is 0 Å². The van der Waals surface area contributed by atoms with Crippen molar-refractivity contribution in [3.05, 3.63) is 27.7 Å². The molecule has 1 saturated carbocycles. The first-order valence-corrected chi connectivity index (χ1v) is 8.64. The minimum Gasteiger partial charge on any atom is -0.488 e. The van der Waals surface area contributed by atoms with Gasteiger partial charge >= 0.3 is 0 Å². The van der Waals surface area contributed by atoms with Crippen LogP contribution >= 0.6 is 15.9 Å². The molecule has 3 unspecified atom stereocenters. The zero-order valence-electron chi connectivity index (χ0n) is 13.4. The Hall–Kier alpha value is -0.580. The number of rotatable bonds is 7. The van der Waals surface area contributed by atoms with E-state index in [0.29, 0.717) is 6.04 Å². The zero-order valence-corrected chi connectivity index (χ0v) is 15.0. The van der Waals surface area contributed by atoms with E-state index in [0.717, 1.165) is 36.2 Å². The van der Waals surface area contributed by atoms with Gasteiger partial charge in [0.05, 0.1) is 0 Å². The largest absolute Gasteiger partial charge is 0.488 e. The van der Waals surface area contributed by atoms with Gasteiger partial charge in [-0.1, -0.05) is 29.8 Å². The van der Waals surface area contributed by atoms with Gasteiger partial charge in [0.2, 0.25) is 0 Å². The van der Waals surface area contributed by atoms with E-state index in [1.165, 1.54) is 11.1 Å². The highest BCUT2D eigenvalue weighted by atomic mass is 79.9. The predicted molar refractivity (Wildman–Crippen MR) is 90.1 cm³/mol. The highest BCUT2D eigenvalue weighted by molar-refractivity contribution is 9.10. The van der Waals surface area contributed by atoms with E-state index in [-0.39, 0.29) is 12.2 Å². The van der Waals surface area contributed by atoms with Crippen LogP contribution in [0.1, 0.15) is 37.8 Å². The summed E-state index contributed by atoms with van der Waals surface area (Å²) in [6, 6.07) is 4.60. The van der Waals surface area contributed by atoms with Crippen molar-refractivity contribution in [1.29, 1.82) is 0 Å². The molecule has 21 heavy (non-hydrogen) atoms. The van der Waals surface area contributed by atoms with Crippen LogP contribution in [0.5, 0.6) is 5.75 Å². The molecule has 3 nitrogen and oxygen atoms in total. The summed E-state index contributed by atoms with van der Waals surface area (Å²) < 4.78 is 13.3. The Kier molecular flexibility index (Phi) is 6.08. The van der Waals surface area contributed by atoms with Crippen molar-refractivity contribution in [2.75, 3.05) is 13.2 Å². The number of ether oxygens (including phenoxy) is 2. The van der Waals surface area contributed by atoms with Crippen LogP contribution in [-0.4, -0.2) is 31.4 Å². The summed E-state index contributed by atoms with van der Waals surface area (Å²) in [4.78, 5) is 0. The van der Waals surface area contributed by atoms with E-state index in [4.69, 9.17) is 9.47 Å². The smallest absolute Gasteiger partial charge is 0.128 e. The highest BCUT2D eigenvalue weighted by Gasteiger charge is 2.43. The van der Waals surface area contributed by atoms with E-state index in [9.17, 15) is 0 Å². The number of hydrogen-bond acceptors (Lipinski definition) is 3. The molecule has 1 N–H and O–H groups in total. The summed E-state index contributed by atoms with van der Waals surface area (Å²) in [5.41, 5.74) is 2.41. The van der Waals surface area contributed by atoms with Gasteiger partial charge in [-0.05, 0) is 50.1 Å². The fourth-order valence-corrected chi connectivity index (χ4v) is 3.01. The molecule has 0 heterocycles. The summed E-state index contributed by atoms with van der Waals surface area (Å²) in [5.74, 6) is 0.943. The fraction of sp³-hybridized carbons (Fsp3) is 0.647. The van der Waals surface area contributed by atoms with Gasteiger partial charge in [-0.3, -0.25) is 0 Å². The van der Waals surface area contributed by atoms with Crippen LogP contribution in [0.15, 0.2) is 16.6 Å². The van der Waals surface area contributed by atoms with Crippen LogP contribution in [0.3, 0.4) is 0 Å². The lowest BCUT2D eigenvalue weighted by molar-refractivity contribution is -0.107. The Balaban J connectivity index is 2.01. The van der Waals surface area contributed by atoms with Gasteiger partial charge in [-0.15, -0.1) is 0 Å². The molecule has 0 radical (unpaired) electrons. The van der Waals surface area contributed by atoms with Crippen molar-refractivity contribution in [3.8, 4) is 5.75 Å². The van der Waals surface area contributed by atoms with Crippen molar-refractivity contribution in [3.63, 3.8) is 0 Å². The third-order valence-electron chi connectivity index (χ3n) is 3.93. The van der Waals surface area contributed by atoms with Crippen molar-refractivity contribution < 1.29 is 9.47 Å². The summed E-state index contributed by atoms with van der Waals surface area (Å²) >= 11 is 3.60. The van der Waals surface area contributed by atoms with Crippen molar-refractivity contribution in [2.24, 2.45) is 0 Å². The molecule has 1 aromatic rings. The average molecular weight is 356 g/mol. The van der Waals surface area contributed by atoms with Gasteiger partial charge in [-0.2, -0.15) is 0 Å². The minimum atomic E-state index is 0.153. The van der Waals surface area contributed by atoms with Crippen LogP contribution in [0, 0.1) is 13.8 Å². The third-order valence-corrected chi connectivity index (χ3v) is 5.18. The second kappa shape index (κ2) is 7.61. The number of likely N-dealkylation sites (N-methyl/N-ethyl adjacent to an activating group) is 1. The molecule has 0 amide bonds. The first-order chi connectivity index (χ1) is 10.1. The Labute approximate surface area is 136 Å². The van der Waals surface area contributed by atoms with E-state index >= 15 is 0 Å². The lowest BCUT2D eigenvalue weighted by Crippen LogP contribution is -2.61. The summed E-state index contributed by atoms with van der Waals surface area (Å²) in [6.45, 7) is 10.2. The van der Waals surface area contributed by atoms with Gasteiger partial charge in [0.25, 0.3) is 0 Å². The second-order valence-electron chi connectivity index (χ2n) is 5.76. The highest BCUT2D eigenvalue weighted by Crippen LogP contribution is 2.32. The van der Waals surface area contributed by atoms with E-state index in [2.05, 4.69) is 61.1 Å². The monoisotopic (exact) mass is 355 g/mol. The average Bonchev–Trinajstić information content (AvgIpc) is 2.43. The molecule has 0 aromatic heterocycles. The molecule has 1 aliphatic carbocycles. The minimum absolute atomic E-state index is 0.153. The van der Waals surface area contributed by atoms with Gasteiger partial charge in [0.1, 0.15) is 18.0 Å². The Morgan fingerprint density at radius 3 is 2.48 bits per heavy atom. The standard InChI is InChI=1S/C17H26BrNO2/c1-5-7-20-17-14(19-6-2)10-15(17)21-13-8-11(3)16(18)12(4)9-13/h8-9,14-15,17,19H,5-7,10H2,1-4H3. The lowest BCUT2D eigenvalue weighted by atomic mass is 9.85. The predicted octanol–water partition coefficient (Wildman–Crippen LogP) is 3.99. The van der Waals surface area contributed by atoms with Gasteiger partial charge in [-0.25, -0.2) is 0 Å². The number of aryl methyl sites for hydroxylation is 2. The molecule has 0 bridgehead atoms. The summed E-state index contributed by atoms with van der Waals surface area (Å²) in [5, 5.41) is 3.48. The molecule has 4 heteroatoms. The van der Waals surface area contributed by atoms with Crippen LogP contribution in [-0.2, 0) is 4.74 Å². The number of hydrogen-bond donors (Lipinski definition) is 1. The molecular formula is C17H26BrNO2. The molecule has 1 fully saturated rings. The molecule has 1 aliphatic rings. The Morgan fingerprint density at radius 2 is 1.90 bits per heavy atom. The van der Waals surface area contributed by atoms with E-state index in [1.807, 2.05) is 0 Å². The Bertz CT molecular complexity index is 455. The lowest BCUT2D eigenvalue weighted by Gasteiger charge is -2.44. The molecule has 118 valence electrons. The van der Waals surface area contributed by atoms with Crippen molar-refractivity contribution in [1.82, 2.24) is 5.32 Å². The van der Waals surface area contributed by atoms with Crippen molar-refractivity contribution in [2.45, 2.75) is 58.8 Å². The van der Waals surface area contributed by atoms with Gasteiger partial charge < -0.3 is 14.8 Å². The molecule has 1 aromatic carbocycles. The van der Waals surface area contributed by atoms with E-state index < -0.39 is 0 Å². The van der Waals surface area contributed by atoms with Gasteiger partial charge in [0, 0.05) is 23.5 Å². The van der Waals surface area contributed by atoms with Crippen molar-refractivity contribution >= 4 is 15.9 Å². The number of nitrogens with one attached hydrogen (secondary N) is 1. The maximum atomic E-state index is 6.17. The number of benzene rings is 1. The van der Waals surface area contributed by atoms with Crippen LogP contribution in [0.25, 0.3) is 0 Å². The van der Waals surface area contributed by atoms with Crippen LogP contribution < -0.4 is 10.1 Å². The van der Waals surface area contributed by atoms with Crippen LogP contribution in [0.2, 0.25) is 0 Å². The van der Waals surface area contributed by atoms with Crippen LogP contribution in [0.4, 0.5) is 0 Å². The molecule has 2 rings (SSSR count). The first-order valence-electron chi connectivity index (χ1n) is 7.85. The van der Waals surface area contributed by atoms with Gasteiger partial charge in [0.15, 0.2) is 0 Å². The quantitative estimate of drug-likeness (QED) is 0.801. The maximum Gasteiger partial charge on any atom is 0.128 e. The molecule has 0 aliphatic heterocycles. The summed E-state index contributed by atoms with van der Waals surface area (Å²) in [7, 11) is 0. The number of halogens is 1. The SMILES string of the molecule is CCCOC1C(NCC)CC1Oc1cc(C)c(Br)c(C)c1. The molecular weight excluding hydrogens is 330 g/mol.